The minimum atomic E-state index is 0.219. The van der Waals surface area contributed by atoms with E-state index in [-0.39, 0.29) is 5.75 Å². The Bertz CT molecular complexity index is 705. The Morgan fingerprint density at radius 2 is 1.79 bits per heavy atom. The highest BCUT2D eigenvalue weighted by Crippen LogP contribution is 2.26. The standard InChI is InChI=1S/C15H12N2O2/c1-10-7-8-12(9-13(10)18)15-16-14(17-19-15)11-5-3-2-4-6-11/h2-9,18H,1H3. The third-order valence-electron chi connectivity index (χ3n) is 2.91. The van der Waals surface area contributed by atoms with Crippen LogP contribution in [0.15, 0.2) is 53.1 Å². The summed E-state index contributed by atoms with van der Waals surface area (Å²) in [5.74, 6) is 1.15. The molecule has 1 N–H and O–H groups in total. The molecule has 0 fully saturated rings. The number of hydrogen-bond donors (Lipinski definition) is 1. The molecule has 0 atom stereocenters. The van der Waals surface area contributed by atoms with Gasteiger partial charge < -0.3 is 9.63 Å². The van der Waals surface area contributed by atoms with Gasteiger partial charge in [-0.2, -0.15) is 4.98 Å². The first kappa shape index (κ1) is 11.5. The summed E-state index contributed by atoms with van der Waals surface area (Å²) in [5, 5.41) is 13.6. The maximum Gasteiger partial charge on any atom is 0.258 e. The molecule has 4 nitrogen and oxygen atoms in total. The van der Waals surface area contributed by atoms with Crippen molar-refractivity contribution >= 4 is 0 Å². The molecule has 2 aromatic carbocycles. The lowest BCUT2D eigenvalue weighted by Crippen LogP contribution is -1.81. The highest BCUT2D eigenvalue weighted by molar-refractivity contribution is 5.61. The fraction of sp³-hybridized carbons (Fsp3) is 0.0667. The maximum atomic E-state index is 9.70. The van der Waals surface area contributed by atoms with Gasteiger partial charge in [-0.1, -0.05) is 41.6 Å². The van der Waals surface area contributed by atoms with Gasteiger partial charge in [0.15, 0.2) is 0 Å². The van der Waals surface area contributed by atoms with E-state index in [1.54, 1.807) is 6.07 Å². The fourth-order valence-corrected chi connectivity index (χ4v) is 1.79. The van der Waals surface area contributed by atoms with Crippen LogP contribution in [0, 0.1) is 6.92 Å². The van der Waals surface area contributed by atoms with Gasteiger partial charge in [0.2, 0.25) is 5.82 Å². The van der Waals surface area contributed by atoms with Gasteiger partial charge in [-0.05, 0) is 24.6 Å². The number of phenolic OH excluding ortho intramolecular Hbond substituents is 1. The van der Waals surface area contributed by atoms with Crippen LogP contribution in [0.1, 0.15) is 5.56 Å². The fourth-order valence-electron chi connectivity index (χ4n) is 1.79. The minimum absolute atomic E-state index is 0.219. The van der Waals surface area contributed by atoms with Crippen molar-refractivity contribution in [2.45, 2.75) is 6.92 Å². The van der Waals surface area contributed by atoms with Gasteiger partial charge in [0.05, 0.1) is 0 Å². The topological polar surface area (TPSA) is 59.2 Å². The number of nitrogens with zero attached hydrogens (tertiary/aromatic N) is 2. The van der Waals surface area contributed by atoms with Gasteiger partial charge in [-0.3, -0.25) is 0 Å². The first-order valence-corrected chi connectivity index (χ1v) is 5.93. The van der Waals surface area contributed by atoms with Crippen LogP contribution in [0.25, 0.3) is 22.8 Å². The summed E-state index contributed by atoms with van der Waals surface area (Å²) in [5.41, 5.74) is 2.41. The second kappa shape index (κ2) is 4.57. The lowest BCUT2D eigenvalue weighted by molar-refractivity contribution is 0.431. The van der Waals surface area contributed by atoms with Crippen molar-refractivity contribution in [2.75, 3.05) is 0 Å². The lowest BCUT2D eigenvalue weighted by atomic mass is 10.1. The van der Waals surface area contributed by atoms with Crippen LogP contribution in [0.2, 0.25) is 0 Å². The average Bonchev–Trinajstić information content (AvgIpc) is 2.93. The number of hydrogen-bond acceptors (Lipinski definition) is 4. The van der Waals surface area contributed by atoms with Gasteiger partial charge in [0.25, 0.3) is 5.89 Å². The molecule has 0 saturated heterocycles. The summed E-state index contributed by atoms with van der Waals surface area (Å²) in [4.78, 5) is 4.33. The largest absolute Gasteiger partial charge is 0.508 e. The van der Waals surface area contributed by atoms with Crippen LogP contribution in [-0.4, -0.2) is 15.2 Å². The Morgan fingerprint density at radius 3 is 2.53 bits per heavy atom. The summed E-state index contributed by atoms with van der Waals surface area (Å²) in [7, 11) is 0. The van der Waals surface area contributed by atoms with E-state index in [9.17, 15) is 5.11 Å². The summed E-state index contributed by atoms with van der Waals surface area (Å²) >= 11 is 0. The summed E-state index contributed by atoms with van der Waals surface area (Å²) in [6.07, 6.45) is 0. The first-order chi connectivity index (χ1) is 9.24. The van der Waals surface area contributed by atoms with Gasteiger partial charge in [-0.25, -0.2) is 0 Å². The van der Waals surface area contributed by atoms with Gasteiger partial charge in [-0.15, -0.1) is 0 Å². The van der Waals surface area contributed by atoms with E-state index in [0.29, 0.717) is 17.3 Å². The van der Waals surface area contributed by atoms with E-state index in [1.807, 2.05) is 49.4 Å². The van der Waals surface area contributed by atoms with E-state index in [1.165, 1.54) is 0 Å². The van der Waals surface area contributed by atoms with Crippen molar-refractivity contribution < 1.29 is 9.63 Å². The van der Waals surface area contributed by atoms with Crippen LogP contribution >= 0.6 is 0 Å². The Labute approximate surface area is 110 Å². The maximum absolute atomic E-state index is 9.70. The second-order valence-corrected chi connectivity index (χ2v) is 4.29. The first-order valence-electron chi connectivity index (χ1n) is 5.93. The van der Waals surface area contributed by atoms with E-state index >= 15 is 0 Å². The molecule has 0 radical (unpaired) electrons. The molecule has 0 aliphatic rings. The third kappa shape index (κ3) is 2.20. The number of aromatic nitrogens is 2. The van der Waals surface area contributed by atoms with Crippen LogP contribution < -0.4 is 0 Å². The zero-order valence-electron chi connectivity index (χ0n) is 10.4. The molecule has 0 aliphatic heterocycles. The van der Waals surface area contributed by atoms with E-state index in [0.717, 1.165) is 11.1 Å². The van der Waals surface area contributed by atoms with Gasteiger partial charge in [0.1, 0.15) is 5.75 Å². The van der Waals surface area contributed by atoms with Crippen molar-refractivity contribution in [3.8, 4) is 28.6 Å². The normalized spacial score (nSPS) is 10.6. The van der Waals surface area contributed by atoms with Crippen LogP contribution in [-0.2, 0) is 0 Å². The molecular weight excluding hydrogens is 240 g/mol. The van der Waals surface area contributed by atoms with Crippen molar-refractivity contribution in [2.24, 2.45) is 0 Å². The monoisotopic (exact) mass is 252 g/mol. The second-order valence-electron chi connectivity index (χ2n) is 4.29. The zero-order chi connectivity index (χ0) is 13.2. The molecule has 1 aromatic heterocycles. The molecule has 3 aromatic rings. The Kier molecular flexibility index (Phi) is 2.76. The number of phenols is 1. The van der Waals surface area contributed by atoms with E-state index in [2.05, 4.69) is 10.1 Å². The van der Waals surface area contributed by atoms with Crippen LogP contribution in [0.5, 0.6) is 5.75 Å². The Balaban J connectivity index is 1.99. The molecule has 0 saturated carbocycles. The van der Waals surface area contributed by atoms with Gasteiger partial charge in [0, 0.05) is 11.1 Å². The number of benzene rings is 2. The average molecular weight is 252 g/mol. The van der Waals surface area contributed by atoms with Crippen molar-refractivity contribution in [1.82, 2.24) is 10.1 Å². The quantitative estimate of drug-likeness (QED) is 0.759. The van der Waals surface area contributed by atoms with Crippen molar-refractivity contribution in [3.63, 3.8) is 0 Å². The van der Waals surface area contributed by atoms with E-state index in [4.69, 9.17) is 4.52 Å². The number of rotatable bonds is 2. The Hall–Kier alpha value is -2.62. The molecule has 4 heteroatoms. The highest BCUT2D eigenvalue weighted by atomic mass is 16.5. The predicted octanol–water partition coefficient (Wildman–Crippen LogP) is 3.42. The SMILES string of the molecule is Cc1ccc(-c2nc(-c3ccccc3)no2)cc1O. The minimum Gasteiger partial charge on any atom is -0.508 e. The molecular formula is C15H12N2O2. The predicted molar refractivity (Wildman–Crippen MR) is 71.6 cm³/mol. The molecule has 1 heterocycles. The molecule has 0 spiro atoms. The molecule has 0 amide bonds. The van der Waals surface area contributed by atoms with Gasteiger partial charge >= 0.3 is 0 Å². The highest BCUT2D eigenvalue weighted by Gasteiger charge is 2.11. The summed E-state index contributed by atoms with van der Waals surface area (Å²) in [6.45, 7) is 1.84. The molecule has 0 aliphatic carbocycles. The summed E-state index contributed by atoms with van der Waals surface area (Å²) in [6, 6.07) is 14.9. The van der Waals surface area contributed by atoms with Crippen LogP contribution in [0.3, 0.4) is 0 Å². The molecule has 94 valence electrons. The number of aromatic hydroxyl groups is 1. The molecule has 19 heavy (non-hydrogen) atoms. The Morgan fingerprint density at radius 1 is 1.00 bits per heavy atom. The zero-order valence-corrected chi connectivity index (χ0v) is 10.4. The van der Waals surface area contributed by atoms with Crippen LogP contribution in [0.4, 0.5) is 0 Å². The molecule has 0 unspecified atom stereocenters. The smallest absolute Gasteiger partial charge is 0.258 e. The summed E-state index contributed by atoms with van der Waals surface area (Å²) < 4.78 is 5.23. The molecule has 0 bridgehead atoms. The molecule has 3 rings (SSSR count). The third-order valence-corrected chi connectivity index (χ3v) is 2.91. The van der Waals surface area contributed by atoms with E-state index < -0.39 is 0 Å². The van der Waals surface area contributed by atoms with Crippen molar-refractivity contribution in [1.29, 1.82) is 0 Å². The number of aryl methyl sites for hydroxylation is 1. The lowest BCUT2D eigenvalue weighted by Gasteiger charge is -1.99. The van der Waals surface area contributed by atoms with Crippen molar-refractivity contribution in [3.05, 3.63) is 54.1 Å².